The molecule has 2 nitrogen and oxygen atoms in total. The number of para-hydroxylation sites is 4. The van der Waals surface area contributed by atoms with Crippen molar-refractivity contribution in [1.29, 1.82) is 0 Å². The van der Waals surface area contributed by atoms with Gasteiger partial charge in [0.2, 0.25) is 0 Å². The molecule has 10 aromatic carbocycles. The standard InChI is InChI=1S/C50H34N2/c1-3-16-38(17-4-1)51(40-29-31-43-37(34-40)27-26-35-14-7-9-20-41(35)43)49-23-11-12-24-50(49)52(39-18-5-2-6-19-39)48-25-13-22-44-46-30-28-36-15-8-10-21-42(36)45(46)32-33-47(44)48/h1-34H. The highest BCUT2D eigenvalue weighted by Crippen LogP contribution is 2.48. The van der Waals surface area contributed by atoms with E-state index < -0.39 is 0 Å². The number of anilines is 6. The van der Waals surface area contributed by atoms with Crippen LogP contribution in [0.15, 0.2) is 206 Å². The van der Waals surface area contributed by atoms with E-state index in [0.717, 1.165) is 34.1 Å². The Morgan fingerprint density at radius 1 is 0.212 bits per heavy atom. The lowest BCUT2D eigenvalue weighted by Crippen LogP contribution is -2.17. The minimum atomic E-state index is 1.08. The normalized spacial score (nSPS) is 11.5. The molecule has 0 aliphatic carbocycles. The van der Waals surface area contributed by atoms with Crippen LogP contribution in [0.5, 0.6) is 0 Å². The summed E-state index contributed by atoms with van der Waals surface area (Å²) in [5, 5.41) is 12.5. The summed E-state index contributed by atoms with van der Waals surface area (Å²) in [5.74, 6) is 0. The largest absolute Gasteiger partial charge is 0.308 e. The van der Waals surface area contributed by atoms with Crippen LogP contribution in [0.4, 0.5) is 34.1 Å². The first-order valence-corrected chi connectivity index (χ1v) is 17.9. The average Bonchev–Trinajstić information content (AvgIpc) is 3.22. The Kier molecular flexibility index (Phi) is 7.18. The van der Waals surface area contributed by atoms with Gasteiger partial charge in [-0.3, -0.25) is 0 Å². The molecule has 0 radical (unpaired) electrons. The number of hydrogen-bond donors (Lipinski definition) is 0. The quantitative estimate of drug-likeness (QED) is 0.164. The molecule has 0 N–H and O–H groups in total. The fourth-order valence-corrected chi connectivity index (χ4v) is 8.01. The van der Waals surface area contributed by atoms with Gasteiger partial charge < -0.3 is 9.80 Å². The Labute approximate surface area is 303 Å². The second-order valence-electron chi connectivity index (χ2n) is 13.3. The Morgan fingerprint density at radius 3 is 1.37 bits per heavy atom. The van der Waals surface area contributed by atoms with E-state index in [0.29, 0.717) is 0 Å². The molecule has 244 valence electrons. The fourth-order valence-electron chi connectivity index (χ4n) is 8.01. The van der Waals surface area contributed by atoms with Crippen molar-refractivity contribution < 1.29 is 0 Å². The third kappa shape index (κ3) is 4.96. The predicted molar refractivity (Wildman–Crippen MR) is 223 cm³/mol. The van der Waals surface area contributed by atoms with Crippen molar-refractivity contribution in [3.8, 4) is 0 Å². The summed E-state index contributed by atoms with van der Waals surface area (Å²) < 4.78 is 0. The van der Waals surface area contributed by atoms with E-state index in [2.05, 4.69) is 216 Å². The first-order chi connectivity index (χ1) is 25.8. The van der Waals surface area contributed by atoms with Crippen molar-refractivity contribution in [2.45, 2.75) is 0 Å². The topological polar surface area (TPSA) is 6.48 Å². The summed E-state index contributed by atoms with van der Waals surface area (Å²) in [6.45, 7) is 0. The van der Waals surface area contributed by atoms with E-state index in [4.69, 9.17) is 0 Å². The van der Waals surface area contributed by atoms with Gasteiger partial charge >= 0.3 is 0 Å². The highest BCUT2D eigenvalue weighted by Gasteiger charge is 2.23. The van der Waals surface area contributed by atoms with Crippen LogP contribution in [0, 0.1) is 0 Å². The molecule has 10 aromatic rings. The van der Waals surface area contributed by atoms with Gasteiger partial charge in [-0.25, -0.2) is 0 Å². The van der Waals surface area contributed by atoms with Crippen LogP contribution >= 0.6 is 0 Å². The van der Waals surface area contributed by atoms with Crippen LogP contribution in [-0.4, -0.2) is 0 Å². The lowest BCUT2D eigenvalue weighted by molar-refractivity contribution is 1.23. The Balaban J connectivity index is 1.21. The first-order valence-electron chi connectivity index (χ1n) is 17.9. The van der Waals surface area contributed by atoms with E-state index in [9.17, 15) is 0 Å². The molecular weight excluding hydrogens is 629 g/mol. The van der Waals surface area contributed by atoms with Crippen molar-refractivity contribution in [2.75, 3.05) is 9.80 Å². The number of rotatable bonds is 6. The number of benzene rings is 10. The minimum absolute atomic E-state index is 1.08. The van der Waals surface area contributed by atoms with E-state index in [1.807, 2.05) is 0 Å². The van der Waals surface area contributed by atoms with Gasteiger partial charge in [-0.15, -0.1) is 0 Å². The van der Waals surface area contributed by atoms with Gasteiger partial charge in [0.25, 0.3) is 0 Å². The van der Waals surface area contributed by atoms with Gasteiger partial charge in [0.15, 0.2) is 0 Å². The molecule has 52 heavy (non-hydrogen) atoms. The molecule has 0 aromatic heterocycles. The van der Waals surface area contributed by atoms with E-state index >= 15 is 0 Å². The Morgan fingerprint density at radius 2 is 0.635 bits per heavy atom. The van der Waals surface area contributed by atoms with Crippen molar-refractivity contribution in [1.82, 2.24) is 0 Å². The second kappa shape index (κ2) is 12.5. The summed E-state index contributed by atoms with van der Waals surface area (Å²) in [7, 11) is 0. The fraction of sp³-hybridized carbons (Fsp3) is 0. The predicted octanol–water partition coefficient (Wildman–Crippen LogP) is 14.4. The van der Waals surface area contributed by atoms with Crippen LogP contribution in [0.1, 0.15) is 0 Å². The average molecular weight is 663 g/mol. The third-order valence-electron chi connectivity index (χ3n) is 10.4. The maximum absolute atomic E-state index is 2.43. The Hall–Kier alpha value is -6.90. The SMILES string of the molecule is c1ccc(N(c2ccc3c(ccc4ccccc43)c2)c2ccccc2N(c2ccccc2)c2cccc3c2ccc2c4ccccc4ccc32)cc1. The van der Waals surface area contributed by atoms with Gasteiger partial charge in [0.05, 0.1) is 17.1 Å². The molecule has 10 rings (SSSR count). The van der Waals surface area contributed by atoms with Crippen LogP contribution in [0.2, 0.25) is 0 Å². The molecule has 0 fully saturated rings. The van der Waals surface area contributed by atoms with Gasteiger partial charge in [-0.1, -0.05) is 152 Å². The zero-order valence-corrected chi connectivity index (χ0v) is 28.5. The first kappa shape index (κ1) is 30.0. The lowest BCUT2D eigenvalue weighted by atomic mass is 9.96. The summed E-state index contributed by atoms with van der Waals surface area (Å²) >= 11 is 0. The van der Waals surface area contributed by atoms with Crippen molar-refractivity contribution in [3.63, 3.8) is 0 Å². The van der Waals surface area contributed by atoms with E-state index in [1.54, 1.807) is 0 Å². The molecule has 0 amide bonds. The summed E-state index contributed by atoms with van der Waals surface area (Å²) in [5.41, 5.74) is 6.59. The zero-order chi connectivity index (χ0) is 34.4. The van der Waals surface area contributed by atoms with Gasteiger partial charge in [-0.05, 0) is 103 Å². The lowest BCUT2D eigenvalue weighted by Gasteiger charge is -2.33. The second-order valence-corrected chi connectivity index (χ2v) is 13.3. The highest BCUT2D eigenvalue weighted by molar-refractivity contribution is 6.20. The smallest absolute Gasteiger partial charge is 0.0702 e. The summed E-state index contributed by atoms with van der Waals surface area (Å²) in [6.07, 6.45) is 0. The monoisotopic (exact) mass is 662 g/mol. The molecule has 2 heteroatoms. The van der Waals surface area contributed by atoms with Crippen LogP contribution < -0.4 is 9.80 Å². The van der Waals surface area contributed by atoms with Crippen molar-refractivity contribution in [2.24, 2.45) is 0 Å². The number of nitrogens with zero attached hydrogens (tertiary/aromatic N) is 2. The molecule has 0 heterocycles. The molecule has 0 aliphatic rings. The van der Waals surface area contributed by atoms with E-state index in [-0.39, 0.29) is 0 Å². The Bertz CT molecular complexity index is 2910. The van der Waals surface area contributed by atoms with Gasteiger partial charge in [0, 0.05) is 22.4 Å². The third-order valence-corrected chi connectivity index (χ3v) is 10.4. The molecule has 0 aliphatic heterocycles. The number of fused-ring (bicyclic) bond motifs is 8. The maximum atomic E-state index is 2.43. The maximum Gasteiger partial charge on any atom is 0.0702 e. The molecule has 0 saturated heterocycles. The highest BCUT2D eigenvalue weighted by atomic mass is 15.2. The van der Waals surface area contributed by atoms with Crippen LogP contribution in [0.3, 0.4) is 0 Å². The van der Waals surface area contributed by atoms with Gasteiger partial charge in [-0.2, -0.15) is 0 Å². The van der Waals surface area contributed by atoms with Crippen LogP contribution in [-0.2, 0) is 0 Å². The van der Waals surface area contributed by atoms with Crippen LogP contribution in [0.25, 0.3) is 53.9 Å². The molecule has 0 spiro atoms. The summed E-state index contributed by atoms with van der Waals surface area (Å²) in [6, 6.07) is 74.8. The number of hydrogen-bond acceptors (Lipinski definition) is 2. The molecule has 0 bridgehead atoms. The van der Waals surface area contributed by atoms with Gasteiger partial charge in [0.1, 0.15) is 0 Å². The van der Waals surface area contributed by atoms with Crippen molar-refractivity contribution >= 4 is 88.0 Å². The van der Waals surface area contributed by atoms with Crippen molar-refractivity contribution in [3.05, 3.63) is 206 Å². The van der Waals surface area contributed by atoms with E-state index in [1.165, 1.54) is 53.9 Å². The molecule has 0 atom stereocenters. The molecule has 0 saturated carbocycles. The molecular formula is C50H34N2. The zero-order valence-electron chi connectivity index (χ0n) is 28.5. The molecule has 0 unspecified atom stereocenters. The summed E-state index contributed by atoms with van der Waals surface area (Å²) in [4.78, 5) is 4.82. The minimum Gasteiger partial charge on any atom is -0.308 e.